The quantitative estimate of drug-likeness (QED) is 0.595. The maximum atomic E-state index is 5.31. The molecule has 0 aromatic carbocycles. The first-order chi connectivity index (χ1) is 6.43. The van der Waals surface area contributed by atoms with E-state index < -0.39 is 0 Å². The molecule has 3 nitrogen and oxygen atoms in total. The maximum absolute atomic E-state index is 5.31. The van der Waals surface area contributed by atoms with Gasteiger partial charge in [0.2, 0.25) is 0 Å². The summed E-state index contributed by atoms with van der Waals surface area (Å²) in [4.78, 5) is 4.04. The molecule has 1 aliphatic rings. The van der Waals surface area contributed by atoms with Crippen LogP contribution in [0.5, 0.6) is 0 Å². The minimum atomic E-state index is 0.496. The average Bonchev–Trinajstić information content (AvgIpc) is 2.63. The Kier molecular flexibility index (Phi) is 5.38. The van der Waals surface area contributed by atoms with Crippen LogP contribution in [0.4, 0.5) is 0 Å². The molecule has 0 fully saturated rings. The monoisotopic (exact) mass is 185 g/mol. The van der Waals surface area contributed by atoms with Crippen molar-refractivity contribution in [1.82, 2.24) is 0 Å². The highest BCUT2D eigenvalue weighted by Crippen LogP contribution is 2.03. The minimum absolute atomic E-state index is 0.496. The Morgan fingerprint density at radius 3 is 2.85 bits per heavy atom. The van der Waals surface area contributed by atoms with Crippen LogP contribution in [0.1, 0.15) is 39.0 Å². The van der Waals surface area contributed by atoms with E-state index in [9.17, 15) is 0 Å². The third kappa shape index (κ3) is 4.76. The summed E-state index contributed by atoms with van der Waals surface area (Å²) in [5, 5.41) is 0. The van der Waals surface area contributed by atoms with Gasteiger partial charge in [-0.2, -0.15) is 0 Å². The normalized spacial score (nSPS) is 15.3. The number of hydrogen-bond donors (Lipinski definition) is 0. The zero-order valence-electron chi connectivity index (χ0n) is 8.42. The van der Waals surface area contributed by atoms with Crippen LogP contribution >= 0.6 is 0 Å². The molecular formula is C10H19NO2. The van der Waals surface area contributed by atoms with Gasteiger partial charge >= 0.3 is 6.08 Å². The van der Waals surface area contributed by atoms with Crippen molar-refractivity contribution in [3.63, 3.8) is 0 Å². The van der Waals surface area contributed by atoms with Crippen LogP contribution in [0, 0.1) is 0 Å². The lowest BCUT2D eigenvalue weighted by molar-refractivity contribution is 0.185. The molecule has 1 heterocycles. The van der Waals surface area contributed by atoms with Gasteiger partial charge < -0.3 is 9.47 Å². The Morgan fingerprint density at radius 1 is 1.31 bits per heavy atom. The van der Waals surface area contributed by atoms with Gasteiger partial charge in [-0.1, -0.05) is 32.6 Å². The van der Waals surface area contributed by atoms with Crippen molar-refractivity contribution in [2.24, 2.45) is 4.99 Å². The topological polar surface area (TPSA) is 30.8 Å². The summed E-state index contributed by atoms with van der Waals surface area (Å²) in [5.74, 6) is 0. The molecule has 0 unspecified atom stereocenters. The van der Waals surface area contributed by atoms with E-state index in [1.807, 2.05) is 0 Å². The maximum Gasteiger partial charge on any atom is 0.383 e. The molecule has 1 aliphatic heterocycles. The molecule has 0 aromatic heterocycles. The highest BCUT2D eigenvalue weighted by atomic mass is 16.7. The lowest BCUT2D eigenvalue weighted by Gasteiger charge is -2.04. The van der Waals surface area contributed by atoms with Crippen molar-refractivity contribution in [1.29, 1.82) is 0 Å². The van der Waals surface area contributed by atoms with Gasteiger partial charge in [-0.05, 0) is 6.42 Å². The molecule has 0 bridgehead atoms. The Labute approximate surface area is 80.1 Å². The van der Waals surface area contributed by atoms with Crippen LogP contribution in [-0.2, 0) is 9.47 Å². The summed E-state index contributed by atoms with van der Waals surface area (Å²) in [6, 6.07) is 0. The Hall–Kier alpha value is -0.730. The number of ether oxygens (including phenoxy) is 2. The summed E-state index contributed by atoms with van der Waals surface area (Å²) in [7, 11) is 0. The number of nitrogens with zero attached hydrogens (tertiary/aromatic N) is 1. The Balaban J connectivity index is 1.83. The summed E-state index contributed by atoms with van der Waals surface area (Å²) < 4.78 is 10.4. The fourth-order valence-electron chi connectivity index (χ4n) is 1.27. The van der Waals surface area contributed by atoms with E-state index >= 15 is 0 Å². The summed E-state index contributed by atoms with van der Waals surface area (Å²) in [6.07, 6.45) is 6.79. The average molecular weight is 185 g/mol. The molecular weight excluding hydrogens is 166 g/mol. The second-order valence-electron chi connectivity index (χ2n) is 3.26. The number of hydrogen-bond acceptors (Lipinski definition) is 3. The largest absolute Gasteiger partial charge is 0.451 e. The van der Waals surface area contributed by atoms with Gasteiger partial charge in [0.25, 0.3) is 0 Å². The van der Waals surface area contributed by atoms with E-state index in [1.54, 1.807) is 0 Å². The molecule has 0 aromatic rings. The molecule has 0 aliphatic carbocycles. The third-order valence-corrected chi connectivity index (χ3v) is 2.03. The van der Waals surface area contributed by atoms with E-state index in [1.165, 1.54) is 25.7 Å². The number of unbranched alkanes of at least 4 members (excludes halogenated alkanes) is 4. The molecule has 3 heteroatoms. The molecule has 76 valence electrons. The van der Waals surface area contributed by atoms with Crippen LogP contribution in [0.2, 0.25) is 0 Å². The van der Waals surface area contributed by atoms with Crippen molar-refractivity contribution < 1.29 is 9.47 Å². The van der Waals surface area contributed by atoms with Crippen molar-refractivity contribution in [2.75, 3.05) is 19.8 Å². The van der Waals surface area contributed by atoms with Gasteiger partial charge in [-0.15, -0.1) is 0 Å². The molecule has 0 atom stereocenters. The molecule has 0 amide bonds. The lowest BCUT2D eigenvalue weighted by Crippen LogP contribution is -2.06. The summed E-state index contributed by atoms with van der Waals surface area (Å²) in [5.41, 5.74) is 0. The van der Waals surface area contributed by atoms with Crippen LogP contribution in [0.3, 0.4) is 0 Å². The Bertz CT molecular complexity index is 157. The van der Waals surface area contributed by atoms with Crippen molar-refractivity contribution >= 4 is 6.08 Å². The van der Waals surface area contributed by atoms with Crippen molar-refractivity contribution in [3.05, 3.63) is 0 Å². The van der Waals surface area contributed by atoms with Crippen LogP contribution in [-0.4, -0.2) is 25.8 Å². The van der Waals surface area contributed by atoms with Crippen molar-refractivity contribution in [3.8, 4) is 0 Å². The van der Waals surface area contributed by atoms with E-state index in [-0.39, 0.29) is 0 Å². The lowest BCUT2D eigenvalue weighted by atomic mass is 10.2. The SMILES string of the molecule is CCCCCCCOC1=NCCO1. The molecule has 0 saturated heterocycles. The predicted octanol–water partition coefficient (Wildman–Crippen LogP) is 2.36. The zero-order valence-corrected chi connectivity index (χ0v) is 8.42. The van der Waals surface area contributed by atoms with Crippen molar-refractivity contribution in [2.45, 2.75) is 39.0 Å². The molecule has 0 radical (unpaired) electrons. The van der Waals surface area contributed by atoms with Gasteiger partial charge in [0.15, 0.2) is 0 Å². The van der Waals surface area contributed by atoms with Gasteiger partial charge in [0.05, 0.1) is 13.2 Å². The highest BCUT2D eigenvalue weighted by molar-refractivity contribution is 5.68. The molecule has 0 N–H and O–H groups in total. The third-order valence-electron chi connectivity index (χ3n) is 2.03. The second kappa shape index (κ2) is 6.75. The second-order valence-corrected chi connectivity index (χ2v) is 3.26. The smallest absolute Gasteiger partial charge is 0.383 e. The van der Waals surface area contributed by atoms with Gasteiger partial charge in [-0.25, -0.2) is 4.99 Å². The van der Waals surface area contributed by atoms with Gasteiger partial charge in [0, 0.05) is 0 Å². The minimum Gasteiger partial charge on any atom is -0.451 e. The Morgan fingerprint density at radius 2 is 2.15 bits per heavy atom. The number of aliphatic imine (C=N–C) groups is 1. The van der Waals surface area contributed by atoms with Gasteiger partial charge in [0.1, 0.15) is 6.61 Å². The fraction of sp³-hybridized carbons (Fsp3) is 0.900. The molecule has 0 saturated carbocycles. The number of rotatable bonds is 6. The first-order valence-corrected chi connectivity index (χ1v) is 5.23. The summed E-state index contributed by atoms with van der Waals surface area (Å²) in [6.45, 7) is 4.41. The highest BCUT2D eigenvalue weighted by Gasteiger charge is 2.06. The van der Waals surface area contributed by atoms with Crippen LogP contribution < -0.4 is 0 Å². The molecule has 0 spiro atoms. The summed E-state index contributed by atoms with van der Waals surface area (Å²) >= 11 is 0. The predicted molar refractivity (Wildman–Crippen MR) is 53.0 cm³/mol. The standard InChI is InChI=1S/C10H19NO2/c1-2-3-4-5-6-8-12-10-11-7-9-13-10/h2-9H2,1H3. The van der Waals surface area contributed by atoms with Gasteiger partial charge in [-0.3, -0.25) is 0 Å². The fourth-order valence-corrected chi connectivity index (χ4v) is 1.27. The first-order valence-electron chi connectivity index (χ1n) is 5.23. The zero-order chi connectivity index (χ0) is 9.36. The van der Waals surface area contributed by atoms with E-state index in [2.05, 4.69) is 11.9 Å². The van der Waals surface area contributed by atoms with E-state index in [0.717, 1.165) is 19.6 Å². The van der Waals surface area contributed by atoms with E-state index in [4.69, 9.17) is 9.47 Å². The van der Waals surface area contributed by atoms with E-state index in [0.29, 0.717) is 12.7 Å². The molecule has 1 rings (SSSR count). The van der Waals surface area contributed by atoms with Crippen LogP contribution in [0.15, 0.2) is 4.99 Å². The first kappa shape index (κ1) is 10.4. The molecule has 13 heavy (non-hydrogen) atoms. The van der Waals surface area contributed by atoms with Crippen LogP contribution in [0.25, 0.3) is 0 Å².